The van der Waals surface area contributed by atoms with Crippen molar-refractivity contribution in [2.45, 2.75) is 73.5 Å². The minimum Gasteiger partial charge on any atom is -0.387 e. The minimum absolute atomic E-state index is 0.0216. The molecule has 39 nitrogen and oxygen atoms in total. The number of aliphatic hydroxyl groups is 3. The standard InChI is InChI=1S/C39H57N13O26P4/c1-48-17-52(33-25(48)34(58)47-38(41)46-33)35-26(55)18(11-23(54)49(7-9-68-2)8-10-69-3)19(74-35)12-72-80(62,63)77-82(66,67)78-81(64,65)73-14-21-30(29(70-4)37(76-21)51-16-44-24-31(40)42-15-43-32(24)51)79(60,61)71-13-20-27(56)28(57)36(75-20)50-6-5-22(53)45-39(50)59/h5-6,15-21,26-30,35-37,55-57H,7-14H2,1-4H3,(H9-,40,41,42,43,45,46,47,53,58,59,60,61,62,63,64,65,66,67)/p+1/t18-,19-,20-,21-,26-,27-,28-,29-,30-,35?,36-,37-/m1/s1. The first-order valence-electron chi connectivity index (χ1n) is 24.1. The number of fused-ring (bicyclic) bond motifs is 2. The Bertz CT molecular complexity index is 3500. The number of aromatic amines is 2. The largest absolute Gasteiger partial charge is 0.490 e. The molecule has 3 aliphatic rings. The molecule has 0 spiro atoms. The molecule has 82 heavy (non-hydrogen) atoms. The van der Waals surface area contributed by atoms with Gasteiger partial charge in [-0.3, -0.25) is 51.7 Å². The van der Waals surface area contributed by atoms with Crippen LogP contribution in [0, 0.1) is 5.92 Å². The number of phosphoric ester groups is 2. The van der Waals surface area contributed by atoms with E-state index >= 15 is 0 Å². The van der Waals surface area contributed by atoms with Crippen molar-refractivity contribution in [3.63, 3.8) is 0 Å². The molecule has 13 N–H and O–H groups in total. The van der Waals surface area contributed by atoms with E-state index in [1.54, 1.807) is 0 Å². The number of aryl methyl sites for hydroxylation is 1. The number of H-pyrrole nitrogens is 2. The lowest BCUT2D eigenvalue weighted by molar-refractivity contribution is -0.745. The maximum atomic E-state index is 14.4. The first-order chi connectivity index (χ1) is 38.6. The summed E-state index contributed by atoms with van der Waals surface area (Å²) < 4.78 is 116. The quantitative estimate of drug-likeness (QED) is 0.0185. The van der Waals surface area contributed by atoms with Gasteiger partial charge in [-0.05, 0) is 0 Å². The number of aliphatic hydroxyl groups excluding tert-OH is 3. The van der Waals surface area contributed by atoms with Crippen molar-refractivity contribution in [3.8, 4) is 0 Å². The number of nitrogen functional groups attached to an aromatic ring is 2. The Hall–Kier alpha value is -5.15. The fourth-order valence-electron chi connectivity index (χ4n) is 9.42. The van der Waals surface area contributed by atoms with Gasteiger partial charge in [0, 0.05) is 59.0 Å². The molecule has 8 rings (SSSR count). The Labute approximate surface area is 459 Å². The monoisotopic (exact) mass is 1250 g/mol. The number of anilines is 2. The highest BCUT2D eigenvalue weighted by atomic mass is 31.3. The summed E-state index contributed by atoms with van der Waals surface area (Å²) in [6, 6.07) is 0.921. The number of imidazole rings is 2. The van der Waals surface area contributed by atoms with E-state index in [9.17, 15) is 72.3 Å². The van der Waals surface area contributed by atoms with Gasteiger partial charge in [0.1, 0.15) is 54.1 Å². The molecule has 0 saturated carbocycles. The predicted molar refractivity (Wildman–Crippen MR) is 269 cm³/mol. The van der Waals surface area contributed by atoms with Crippen molar-refractivity contribution < 1.29 is 113 Å². The highest BCUT2D eigenvalue weighted by Gasteiger charge is 2.58. The number of carbonyl (C=O) groups is 1. The summed E-state index contributed by atoms with van der Waals surface area (Å²) in [6.07, 6.45) is -13.0. The van der Waals surface area contributed by atoms with E-state index in [1.807, 2.05) is 4.98 Å². The van der Waals surface area contributed by atoms with E-state index < -0.39 is 153 Å². The van der Waals surface area contributed by atoms with Crippen LogP contribution in [0.3, 0.4) is 0 Å². The number of amides is 1. The van der Waals surface area contributed by atoms with Crippen molar-refractivity contribution in [2.24, 2.45) is 13.0 Å². The summed E-state index contributed by atoms with van der Waals surface area (Å²) in [4.78, 5) is 116. The SMILES string of the molecule is COCCN(CCOC)C(=O)C[C@@H]1[C@@H](COP(=O)(O)OP(=O)(O)OP(=O)(O)OC[C@H]2O[C@@H](n3cnc4c(N)ncnc43)[C@H](OC)[C@@H]2P(=O)(O)OC[C@H]2O[C@@H](n3ccc(=O)[nH]c3=O)[C@H](O)[C@@H]2O)OC([n+]2cn(C)c3c(=O)[nH]c(N)nc32)[C@@H]1O. The molecule has 0 radical (unpaired) electrons. The fraction of sp³-hybridized carbons (Fsp3) is 0.615. The summed E-state index contributed by atoms with van der Waals surface area (Å²) in [5, 5.41) is 33.3. The summed E-state index contributed by atoms with van der Waals surface area (Å²) in [5.41, 5.74) is 7.12. The molecular weight excluding hydrogens is 1190 g/mol. The third kappa shape index (κ3) is 13.7. The molecule has 43 heteroatoms. The number of aromatic nitrogens is 10. The van der Waals surface area contributed by atoms with Crippen LogP contribution < -0.4 is 32.8 Å². The van der Waals surface area contributed by atoms with Gasteiger partial charge in [-0.15, -0.1) is 0 Å². The Balaban J connectivity index is 0.978. The molecule has 0 bridgehead atoms. The smallest absolute Gasteiger partial charge is 0.387 e. The second-order valence-corrected chi connectivity index (χ2v) is 25.1. The maximum Gasteiger partial charge on any atom is 0.490 e. The van der Waals surface area contributed by atoms with Crippen molar-refractivity contribution in [2.75, 3.05) is 78.9 Å². The highest BCUT2D eigenvalue weighted by molar-refractivity contribution is 7.66. The van der Waals surface area contributed by atoms with Crippen molar-refractivity contribution in [1.29, 1.82) is 0 Å². The van der Waals surface area contributed by atoms with Crippen LogP contribution in [0.5, 0.6) is 0 Å². The highest BCUT2D eigenvalue weighted by Crippen LogP contribution is 2.68. The van der Waals surface area contributed by atoms with Crippen LogP contribution in [-0.4, -0.2) is 205 Å². The van der Waals surface area contributed by atoms with Gasteiger partial charge >= 0.3 is 42.4 Å². The topological polar surface area (TPSA) is 537 Å². The zero-order chi connectivity index (χ0) is 59.8. The molecule has 0 aromatic carbocycles. The molecular formula is C39H58N13O26P4+. The third-order valence-electron chi connectivity index (χ3n) is 13.2. The molecule has 1 amide bonds. The van der Waals surface area contributed by atoms with Gasteiger partial charge in [-0.2, -0.15) is 8.62 Å². The zero-order valence-electron chi connectivity index (χ0n) is 43.3. The van der Waals surface area contributed by atoms with E-state index in [1.165, 1.54) is 46.2 Å². The molecule has 5 aromatic heterocycles. The van der Waals surface area contributed by atoms with Crippen LogP contribution in [-0.2, 0) is 80.7 Å². The number of nitrogens with two attached hydrogens (primary N) is 2. The molecule has 16 atom stereocenters. The second-order valence-electron chi connectivity index (χ2n) is 18.5. The lowest BCUT2D eigenvalue weighted by Gasteiger charge is -2.28. The van der Waals surface area contributed by atoms with E-state index in [2.05, 4.69) is 33.5 Å². The van der Waals surface area contributed by atoms with Crippen LogP contribution in [0.1, 0.15) is 25.1 Å². The van der Waals surface area contributed by atoms with Gasteiger partial charge in [-0.1, -0.05) is 4.98 Å². The number of hydrogen-bond donors (Lipinski definition) is 11. The molecule has 0 aliphatic carbocycles. The van der Waals surface area contributed by atoms with Gasteiger partial charge in [0.25, 0.3) is 17.1 Å². The van der Waals surface area contributed by atoms with E-state index in [0.717, 1.165) is 36.6 Å². The Morgan fingerprint density at radius 2 is 1.43 bits per heavy atom. The molecule has 3 aliphatic heterocycles. The zero-order valence-corrected chi connectivity index (χ0v) is 46.9. The van der Waals surface area contributed by atoms with Gasteiger partial charge in [0.2, 0.25) is 17.7 Å². The van der Waals surface area contributed by atoms with E-state index in [4.69, 9.17) is 53.5 Å². The van der Waals surface area contributed by atoms with Crippen LogP contribution in [0.2, 0.25) is 0 Å². The van der Waals surface area contributed by atoms with E-state index in [-0.39, 0.29) is 60.4 Å². The van der Waals surface area contributed by atoms with Gasteiger partial charge < -0.3 is 84.2 Å². The Kier molecular flexibility index (Phi) is 19.3. The number of nitrogens with one attached hydrogen (secondary N) is 2. The van der Waals surface area contributed by atoms with Crippen molar-refractivity contribution in [1.82, 2.24) is 48.5 Å². The lowest BCUT2D eigenvalue weighted by Crippen LogP contribution is -2.46. The molecule has 3 saturated heterocycles. The second kappa shape index (κ2) is 25.2. The minimum atomic E-state index is -6.29. The first-order valence-corrected chi connectivity index (χ1v) is 30.2. The van der Waals surface area contributed by atoms with Crippen LogP contribution in [0.4, 0.5) is 11.8 Å². The number of carbonyl (C=O) groups excluding carboxylic acids is 1. The van der Waals surface area contributed by atoms with E-state index in [0.29, 0.717) is 0 Å². The van der Waals surface area contributed by atoms with Crippen LogP contribution in [0.15, 0.2) is 45.6 Å². The Morgan fingerprint density at radius 1 is 0.793 bits per heavy atom. The third-order valence-corrected chi connectivity index (χ3v) is 19.4. The summed E-state index contributed by atoms with van der Waals surface area (Å²) >= 11 is 0. The van der Waals surface area contributed by atoms with Crippen molar-refractivity contribution in [3.05, 3.63) is 62.4 Å². The average Bonchev–Trinajstić information content (AvgIpc) is 4.00. The normalized spacial score (nSPS) is 28.7. The van der Waals surface area contributed by atoms with Crippen LogP contribution >= 0.6 is 31.1 Å². The first kappa shape index (κ1) is 62.9. The molecule has 3 fully saturated rings. The molecule has 5 aromatic rings. The fourth-order valence-corrected chi connectivity index (χ4v) is 14.7. The Morgan fingerprint density at radius 3 is 2.06 bits per heavy atom. The number of nitrogens with zero attached hydrogens (tertiary/aromatic N) is 9. The van der Waals surface area contributed by atoms with Crippen molar-refractivity contribution >= 4 is 71.1 Å². The average molecular weight is 1250 g/mol. The molecule has 8 heterocycles. The number of methoxy groups -OCH3 is 3. The summed E-state index contributed by atoms with van der Waals surface area (Å²) in [5.74, 6) is -2.34. The molecule has 454 valence electrons. The van der Waals surface area contributed by atoms with Crippen LogP contribution in [0.25, 0.3) is 22.3 Å². The number of ether oxygens (including phenoxy) is 6. The van der Waals surface area contributed by atoms with Gasteiger partial charge in [-0.25, -0.2) is 38.0 Å². The maximum absolute atomic E-state index is 14.4. The lowest BCUT2D eigenvalue weighted by atomic mass is 9.93. The van der Waals surface area contributed by atoms with Gasteiger partial charge in [0.15, 0.2) is 30.2 Å². The number of hydrogen-bond acceptors (Lipinski definition) is 28. The number of phosphoric acid groups is 3. The molecule has 5 unspecified atom stereocenters. The van der Waals surface area contributed by atoms with Gasteiger partial charge in [0.05, 0.1) is 52.5 Å². The predicted octanol–water partition coefficient (Wildman–Crippen LogP) is -4.04. The summed E-state index contributed by atoms with van der Waals surface area (Å²) in [6.45, 7) is -3.13. The number of rotatable bonds is 26. The summed E-state index contributed by atoms with van der Waals surface area (Å²) in [7, 11) is -18.3.